The molecule has 186 valence electrons. The SMILES string of the molecule is CCn1cc([N+]2(C(=O)CCS(=O)(=O)c3ccc4cc(Cl)ccc4c3)CCCCC2)sc1=NC(=O)[O-]. The number of likely N-dealkylation sites (tertiary alicyclic amines) is 1. The number of hydrogen-bond donors (Lipinski definition) is 0. The molecule has 3 aromatic rings. The molecule has 0 bridgehead atoms. The van der Waals surface area contributed by atoms with Crippen molar-refractivity contribution < 1.29 is 23.1 Å². The molecule has 35 heavy (non-hydrogen) atoms. The standard InChI is InChI=1S/C24H26ClN3O5S2/c1-2-27-16-22(34-23(27)26-24(30)31)28(11-4-3-5-12-28)21(29)10-13-35(32,33)20-9-7-17-14-19(25)8-6-18(17)15-20/h6-9,14-16H,2-5,10-13H2,1H3. The number of nitrogens with zero attached hydrogens (tertiary/aromatic N) is 3. The van der Waals surface area contributed by atoms with Crippen molar-refractivity contribution in [1.82, 2.24) is 9.05 Å². The first-order valence-corrected chi connectivity index (χ1v) is 14.3. The van der Waals surface area contributed by atoms with Crippen molar-refractivity contribution in [1.29, 1.82) is 0 Å². The first kappa shape index (κ1) is 25.6. The number of piperidine rings is 1. The summed E-state index contributed by atoms with van der Waals surface area (Å²) < 4.78 is 27.9. The minimum absolute atomic E-state index is 0.0129. The van der Waals surface area contributed by atoms with Crippen molar-refractivity contribution >= 4 is 60.5 Å². The Bertz CT molecular complexity index is 1450. The van der Waals surface area contributed by atoms with Crippen molar-refractivity contribution in [2.45, 2.75) is 44.0 Å². The normalized spacial score (nSPS) is 16.5. The molecule has 0 atom stereocenters. The van der Waals surface area contributed by atoms with Crippen LogP contribution in [0.15, 0.2) is 52.5 Å². The molecule has 1 aromatic heterocycles. The van der Waals surface area contributed by atoms with Crippen LogP contribution in [-0.4, -0.2) is 43.8 Å². The van der Waals surface area contributed by atoms with Gasteiger partial charge in [-0.15, -0.1) is 0 Å². The second kappa shape index (κ2) is 10.2. The van der Waals surface area contributed by atoms with Gasteiger partial charge in [0.1, 0.15) is 0 Å². The smallest absolute Gasteiger partial charge is 0.320 e. The summed E-state index contributed by atoms with van der Waals surface area (Å²) in [6.07, 6.45) is 2.71. The van der Waals surface area contributed by atoms with Crippen LogP contribution in [-0.2, 0) is 21.2 Å². The summed E-state index contributed by atoms with van der Waals surface area (Å²) in [5.74, 6) is -0.495. The highest BCUT2D eigenvalue weighted by atomic mass is 35.5. The van der Waals surface area contributed by atoms with E-state index in [2.05, 4.69) is 4.99 Å². The molecule has 0 unspecified atom stereocenters. The highest BCUT2D eigenvalue weighted by Gasteiger charge is 2.42. The number of thiazole rings is 1. The number of amides is 2. The number of benzene rings is 2. The predicted molar refractivity (Wildman–Crippen MR) is 135 cm³/mol. The van der Waals surface area contributed by atoms with Gasteiger partial charge in [0.2, 0.25) is 5.00 Å². The molecular formula is C24H26ClN3O5S2. The van der Waals surface area contributed by atoms with Crippen molar-refractivity contribution in [2.24, 2.45) is 4.99 Å². The van der Waals surface area contributed by atoms with E-state index in [4.69, 9.17) is 11.6 Å². The Hall–Kier alpha value is -2.53. The van der Waals surface area contributed by atoms with Crippen molar-refractivity contribution in [3.8, 4) is 0 Å². The van der Waals surface area contributed by atoms with Crippen LogP contribution in [0.2, 0.25) is 5.02 Å². The van der Waals surface area contributed by atoms with Crippen LogP contribution in [0.25, 0.3) is 10.8 Å². The predicted octanol–water partition coefficient (Wildman–Crippen LogP) is 3.50. The van der Waals surface area contributed by atoms with Gasteiger partial charge in [-0.2, -0.15) is 0 Å². The van der Waals surface area contributed by atoms with Gasteiger partial charge in [0, 0.05) is 11.6 Å². The van der Waals surface area contributed by atoms with E-state index in [0.29, 0.717) is 29.7 Å². The number of aryl methyl sites for hydroxylation is 1. The third kappa shape index (κ3) is 5.35. The van der Waals surface area contributed by atoms with Crippen LogP contribution in [0.1, 0.15) is 32.6 Å². The van der Waals surface area contributed by atoms with Crippen LogP contribution in [0.4, 0.5) is 9.80 Å². The van der Waals surface area contributed by atoms with Crippen molar-refractivity contribution in [3.05, 3.63) is 52.4 Å². The van der Waals surface area contributed by atoms with Gasteiger partial charge in [-0.1, -0.05) is 23.7 Å². The summed E-state index contributed by atoms with van der Waals surface area (Å²) in [5.41, 5.74) is 0. The van der Waals surface area contributed by atoms with E-state index in [-0.39, 0.29) is 32.3 Å². The van der Waals surface area contributed by atoms with Gasteiger partial charge in [0.05, 0.1) is 36.4 Å². The number of hydrogen-bond acceptors (Lipinski definition) is 6. The van der Waals surface area contributed by atoms with E-state index < -0.39 is 15.9 Å². The molecule has 2 amide bonds. The van der Waals surface area contributed by atoms with Gasteiger partial charge in [0.15, 0.2) is 20.7 Å². The summed E-state index contributed by atoms with van der Waals surface area (Å²) in [7, 11) is -3.70. The summed E-state index contributed by atoms with van der Waals surface area (Å²) in [6, 6.07) is 10.1. The molecule has 0 spiro atoms. The average molecular weight is 536 g/mol. The number of carbonyl (C=O) groups excluding carboxylic acids is 2. The maximum absolute atomic E-state index is 13.6. The van der Waals surface area contributed by atoms with Crippen molar-refractivity contribution in [3.63, 3.8) is 0 Å². The van der Waals surface area contributed by atoms with Crippen LogP contribution >= 0.6 is 22.9 Å². The third-order valence-corrected chi connectivity index (χ3v) is 9.55. The summed E-state index contributed by atoms with van der Waals surface area (Å²) in [4.78, 5) is 28.6. The number of sulfone groups is 1. The Balaban J connectivity index is 1.62. The lowest BCUT2D eigenvalue weighted by Crippen LogP contribution is -2.57. The van der Waals surface area contributed by atoms with E-state index in [1.54, 1.807) is 47.2 Å². The van der Waals surface area contributed by atoms with E-state index >= 15 is 0 Å². The fourth-order valence-corrected chi connectivity index (χ4v) is 7.23. The van der Waals surface area contributed by atoms with Crippen LogP contribution < -0.4 is 14.4 Å². The van der Waals surface area contributed by atoms with Crippen LogP contribution in [0.5, 0.6) is 0 Å². The van der Waals surface area contributed by atoms with Crippen LogP contribution in [0.3, 0.4) is 0 Å². The highest BCUT2D eigenvalue weighted by molar-refractivity contribution is 7.91. The number of carbonyl (C=O) groups is 2. The van der Waals surface area contributed by atoms with Gasteiger partial charge in [-0.25, -0.2) is 22.7 Å². The van der Waals surface area contributed by atoms with E-state index in [1.807, 2.05) is 6.92 Å². The first-order valence-electron chi connectivity index (χ1n) is 11.4. The van der Waals surface area contributed by atoms with Crippen molar-refractivity contribution in [2.75, 3.05) is 18.8 Å². The molecule has 1 saturated heterocycles. The topological polar surface area (TPSA) is 109 Å². The molecule has 1 aliphatic heterocycles. The second-order valence-electron chi connectivity index (χ2n) is 8.61. The number of quaternary nitrogens is 1. The second-order valence-corrected chi connectivity index (χ2v) is 12.1. The minimum atomic E-state index is -3.70. The molecule has 0 aliphatic carbocycles. The fourth-order valence-electron chi connectivity index (χ4n) is 4.54. The first-order chi connectivity index (χ1) is 16.6. The largest absolute Gasteiger partial charge is 0.528 e. The molecule has 2 heterocycles. The lowest BCUT2D eigenvalue weighted by molar-refractivity contribution is -0.245. The highest BCUT2D eigenvalue weighted by Crippen LogP contribution is 2.33. The lowest BCUT2D eigenvalue weighted by Gasteiger charge is -2.36. The number of halogens is 1. The lowest BCUT2D eigenvalue weighted by atomic mass is 10.1. The summed E-state index contributed by atoms with van der Waals surface area (Å²) in [6.45, 7) is 3.44. The minimum Gasteiger partial charge on any atom is -0.528 e. The molecule has 4 rings (SSSR count). The Morgan fingerprint density at radius 1 is 1.11 bits per heavy atom. The quantitative estimate of drug-likeness (QED) is 0.449. The molecular weight excluding hydrogens is 510 g/mol. The monoisotopic (exact) mass is 535 g/mol. The summed E-state index contributed by atoms with van der Waals surface area (Å²) >= 11 is 7.16. The zero-order valence-electron chi connectivity index (χ0n) is 19.3. The summed E-state index contributed by atoms with van der Waals surface area (Å²) in [5, 5.41) is 13.9. The molecule has 2 aromatic carbocycles. The number of carboxylic acid groups (broad SMARTS) is 1. The number of aromatic nitrogens is 1. The zero-order valence-corrected chi connectivity index (χ0v) is 21.7. The molecule has 0 N–H and O–H groups in total. The number of fused-ring (bicyclic) bond motifs is 1. The fraction of sp³-hybridized carbons (Fsp3) is 0.375. The van der Waals surface area contributed by atoms with E-state index in [0.717, 1.165) is 41.4 Å². The van der Waals surface area contributed by atoms with E-state index in [1.165, 1.54) is 0 Å². The average Bonchev–Trinajstić information content (AvgIpc) is 3.25. The Morgan fingerprint density at radius 3 is 2.49 bits per heavy atom. The van der Waals surface area contributed by atoms with Gasteiger partial charge < -0.3 is 14.5 Å². The van der Waals surface area contributed by atoms with Crippen LogP contribution in [0, 0.1) is 0 Å². The maximum Gasteiger partial charge on any atom is 0.320 e. The Kier molecular flexibility index (Phi) is 7.46. The van der Waals surface area contributed by atoms with Gasteiger partial charge >= 0.3 is 5.91 Å². The molecule has 8 nitrogen and oxygen atoms in total. The van der Waals surface area contributed by atoms with Gasteiger partial charge in [-0.3, -0.25) is 0 Å². The molecule has 0 radical (unpaired) electrons. The molecule has 1 aliphatic rings. The molecule has 0 saturated carbocycles. The third-order valence-electron chi connectivity index (χ3n) is 6.43. The zero-order chi connectivity index (χ0) is 25.2. The van der Waals surface area contributed by atoms with E-state index in [9.17, 15) is 23.1 Å². The molecule has 11 heteroatoms. The maximum atomic E-state index is 13.6. The Labute approximate surface area is 212 Å². The Morgan fingerprint density at radius 2 is 1.80 bits per heavy atom. The number of rotatable bonds is 6. The van der Waals surface area contributed by atoms with Gasteiger partial charge in [-0.05, 0) is 72.6 Å². The van der Waals surface area contributed by atoms with Gasteiger partial charge in [0.25, 0.3) is 0 Å². The molecule has 1 fully saturated rings.